The summed E-state index contributed by atoms with van der Waals surface area (Å²) in [5.74, 6) is -0.962. The molecule has 3 N–H and O–H groups in total. The molecular formula is C11H13FN2O3S. The number of hydroxylamine groups is 1. The van der Waals surface area contributed by atoms with Gasteiger partial charge in [-0.2, -0.15) is 0 Å². The Hall–Kier alpha value is -1.60. The zero-order valence-electron chi connectivity index (χ0n) is 9.52. The lowest BCUT2D eigenvalue weighted by molar-refractivity contribution is -0.137. The smallest absolute Gasteiger partial charge is 0.246 e. The van der Waals surface area contributed by atoms with Crippen molar-refractivity contribution in [2.24, 2.45) is 5.73 Å². The molecule has 1 aromatic rings. The highest BCUT2D eigenvalue weighted by atomic mass is 32.2. The van der Waals surface area contributed by atoms with Crippen molar-refractivity contribution >= 4 is 23.6 Å². The number of nitrogens with two attached hydrogens (primary N) is 1. The molecule has 0 aliphatic rings. The topological polar surface area (TPSA) is 81.4 Å². The van der Waals surface area contributed by atoms with E-state index in [4.69, 9.17) is 5.73 Å². The van der Waals surface area contributed by atoms with Crippen molar-refractivity contribution in [3.8, 4) is 0 Å². The molecule has 98 valence electrons. The van der Waals surface area contributed by atoms with E-state index in [1.54, 1.807) is 18.2 Å². The van der Waals surface area contributed by atoms with Crippen LogP contribution in [0.15, 0.2) is 29.2 Å². The molecule has 0 saturated carbocycles. The van der Waals surface area contributed by atoms with Crippen LogP contribution in [0.25, 0.3) is 0 Å². The zero-order valence-corrected chi connectivity index (χ0v) is 10.3. The molecule has 0 bridgehead atoms. The Morgan fingerprint density at radius 2 is 2.11 bits per heavy atom. The molecule has 0 heterocycles. The molecule has 1 rings (SSSR count). The van der Waals surface area contributed by atoms with Crippen molar-refractivity contribution in [3.05, 3.63) is 30.1 Å². The average Bonchev–Trinajstić information content (AvgIpc) is 2.31. The summed E-state index contributed by atoms with van der Waals surface area (Å²) >= 11 is 1.23. The van der Waals surface area contributed by atoms with Crippen LogP contribution in [0.1, 0.15) is 6.42 Å². The molecule has 0 aliphatic carbocycles. The van der Waals surface area contributed by atoms with Crippen molar-refractivity contribution in [2.75, 3.05) is 12.4 Å². The molecule has 1 aromatic carbocycles. The quantitative estimate of drug-likeness (QED) is 0.569. The van der Waals surface area contributed by atoms with E-state index < -0.39 is 5.91 Å². The minimum Gasteiger partial charge on any atom is -0.368 e. The molecule has 7 heteroatoms. The van der Waals surface area contributed by atoms with E-state index in [0.29, 0.717) is 10.6 Å². The Balaban J connectivity index is 2.20. The van der Waals surface area contributed by atoms with E-state index in [0.717, 1.165) is 0 Å². The predicted octanol–water partition coefficient (Wildman–Crippen LogP) is 0.841. The van der Waals surface area contributed by atoms with Gasteiger partial charge < -0.3 is 5.73 Å². The van der Waals surface area contributed by atoms with Crippen LogP contribution >= 0.6 is 11.8 Å². The highest BCUT2D eigenvalue weighted by Crippen LogP contribution is 2.21. The normalized spacial score (nSPS) is 10.1. The van der Waals surface area contributed by atoms with E-state index >= 15 is 0 Å². The second-order valence-electron chi connectivity index (χ2n) is 3.31. The van der Waals surface area contributed by atoms with Crippen LogP contribution in [0.5, 0.6) is 0 Å². The Morgan fingerprint density at radius 3 is 2.78 bits per heavy atom. The fraction of sp³-hybridized carbons (Fsp3) is 0.273. The number of amides is 2. The number of halogens is 1. The molecule has 0 saturated heterocycles. The molecule has 5 nitrogen and oxygen atoms in total. The van der Waals surface area contributed by atoms with E-state index in [2.05, 4.69) is 10.3 Å². The van der Waals surface area contributed by atoms with Gasteiger partial charge in [0.25, 0.3) is 0 Å². The molecule has 0 spiro atoms. The first-order chi connectivity index (χ1) is 8.59. The number of carbonyl (C=O) groups excluding carboxylic acids is 2. The minimum absolute atomic E-state index is 0.151. The van der Waals surface area contributed by atoms with Crippen molar-refractivity contribution in [3.63, 3.8) is 0 Å². The number of benzene rings is 1. The van der Waals surface area contributed by atoms with Crippen LogP contribution in [0.4, 0.5) is 4.39 Å². The summed E-state index contributed by atoms with van der Waals surface area (Å²) in [6.07, 6.45) is 0.151. The van der Waals surface area contributed by atoms with E-state index in [-0.39, 0.29) is 24.8 Å². The summed E-state index contributed by atoms with van der Waals surface area (Å²) in [7, 11) is 0. The van der Waals surface area contributed by atoms with Gasteiger partial charge in [-0.25, -0.2) is 9.87 Å². The first kappa shape index (κ1) is 14.5. The third-order valence-corrected chi connectivity index (χ3v) is 2.87. The third kappa shape index (κ3) is 5.65. The lowest BCUT2D eigenvalue weighted by Crippen LogP contribution is -2.29. The summed E-state index contributed by atoms with van der Waals surface area (Å²) in [5, 5.41) is 0. The van der Waals surface area contributed by atoms with E-state index in [9.17, 15) is 14.0 Å². The zero-order chi connectivity index (χ0) is 13.4. The van der Waals surface area contributed by atoms with Gasteiger partial charge in [0.15, 0.2) is 6.61 Å². The van der Waals surface area contributed by atoms with Crippen molar-refractivity contribution < 1.29 is 18.8 Å². The summed E-state index contributed by atoms with van der Waals surface area (Å²) in [5.41, 5.74) is 6.88. The Labute approximate surface area is 108 Å². The molecule has 0 aromatic heterocycles. The van der Waals surface area contributed by atoms with Gasteiger partial charge in [0.2, 0.25) is 11.8 Å². The number of hydrogen-bond donors (Lipinski definition) is 2. The first-order valence-corrected chi connectivity index (χ1v) is 6.14. The largest absolute Gasteiger partial charge is 0.368 e. The molecule has 0 aliphatic heterocycles. The molecule has 0 radical (unpaired) electrons. The minimum atomic E-state index is -0.670. The molecule has 2 amide bonds. The summed E-state index contributed by atoms with van der Waals surface area (Å²) in [4.78, 5) is 26.5. The molecule has 0 atom stereocenters. The Kier molecular flexibility index (Phi) is 6.16. The van der Waals surface area contributed by atoms with Crippen LogP contribution in [0, 0.1) is 5.82 Å². The summed E-state index contributed by atoms with van der Waals surface area (Å²) in [6, 6.07) is 6.32. The van der Waals surface area contributed by atoms with Crippen LogP contribution in [0.2, 0.25) is 0 Å². The maximum absolute atomic E-state index is 13.2. The van der Waals surface area contributed by atoms with Crippen molar-refractivity contribution in [2.45, 2.75) is 11.3 Å². The molecular weight excluding hydrogens is 259 g/mol. The second-order valence-corrected chi connectivity index (χ2v) is 4.45. The van der Waals surface area contributed by atoms with Gasteiger partial charge in [-0.15, -0.1) is 11.8 Å². The van der Waals surface area contributed by atoms with Crippen LogP contribution in [0.3, 0.4) is 0 Å². The maximum atomic E-state index is 13.2. The van der Waals surface area contributed by atoms with Crippen LogP contribution in [-0.4, -0.2) is 24.2 Å². The standard InChI is InChI=1S/C11H13FN2O3S/c12-8-3-1-2-4-9(8)18-6-5-11(16)14-17-7-10(13)15/h1-4H,5-7H2,(H2,13,15)(H,14,16). The SMILES string of the molecule is NC(=O)CONC(=O)CCSc1ccccc1F. The first-order valence-electron chi connectivity index (χ1n) is 5.16. The maximum Gasteiger partial charge on any atom is 0.246 e. The number of hydrogen-bond acceptors (Lipinski definition) is 4. The lowest BCUT2D eigenvalue weighted by atomic mass is 10.3. The van der Waals surface area contributed by atoms with E-state index in [1.807, 2.05) is 0 Å². The van der Waals surface area contributed by atoms with Crippen LogP contribution in [-0.2, 0) is 14.4 Å². The van der Waals surface area contributed by atoms with Crippen molar-refractivity contribution in [1.82, 2.24) is 5.48 Å². The monoisotopic (exact) mass is 272 g/mol. The summed E-state index contributed by atoms with van der Waals surface area (Å²) < 4.78 is 13.2. The highest BCUT2D eigenvalue weighted by Gasteiger charge is 2.05. The van der Waals surface area contributed by atoms with Crippen LogP contribution < -0.4 is 11.2 Å². The number of nitrogens with one attached hydrogen (secondary N) is 1. The molecule has 18 heavy (non-hydrogen) atoms. The predicted molar refractivity (Wildman–Crippen MR) is 65.0 cm³/mol. The molecule has 0 fully saturated rings. The lowest BCUT2D eigenvalue weighted by Gasteiger charge is -2.04. The number of rotatable bonds is 7. The van der Waals surface area contributed by atoms with Crippen molar-refractivity contribution in [1.29, 1.82) is 0 Å². The van der Waals surface area contributed by atoms with Gasteiger partial charge in [-0.05, 0) is 12.1 Å². The Bertz CT molecular complexity index is 429. The van der Waals surface area contributed by atoms with Gasteiger partial charge in [-0.3, -0.25) is 14.4 Å². The third-order valence-electron chi connectivity index (χ3n) is 1.82. The Morgan fingerprint density at radius 1 is 1.39 bits per heavy atom. The highest BCUT2D eigenvalue weighted by molar-refractivity contribution is 7.99. The number of primary amides is 1. The van der Waals surface area contributed by atoms with Gasteiger partial charge in [0, 0.05) is 17.1 Å². The fourth-order valence-corrected chi connectivity index (χ4v) is 1.94. The number of thioether (sulfide) groups is 1. The van der Waals surface area contributed by atoms with E-state index in [1.165, 1.54) is 17.8 Å². The van der Waals surface area contributed by atoms with Gasteiger partial charge in [0.05, 0.1) is 0 Å². The average molecular weight is 272 g/mol. The summed E-state index contributed by atoms with van der Waals surface area (Å²) in [6.45, 7) is -0.369. The molecule has 0 unspecified atom stereocenters. The van der Waals surface area contributed by atoms with Gasteiger partial charge in [0.1, 0.15) is 5.82 Å². The second kappa shape index (κ2) is 7.67. The van der Waals surface area contributed by atoms with Gasteiger partial charge in [-0.1, -0.05) is 12.1 Å². The fourth-order valence-electron chi connectivity index (χ4n) is 1.05. The number of carbonyl (C=O) groups is 2. The van der Waals surface area contributed by atoms with Gasteiger partial charge >= 0.3 is 0 Å².